The van der Waals surface area contributed by atoms with Gasteiger partial charge in [-0.3, -0.25) is 14.4 Å². The van der Waals surface area contributed by atoms with Gasteiger partial charge in [-0.2, -0.15) is 5.06 Å². The number of thioether (sulfide) groups is 1. The average Bonchev–Trinajstić information content (AvgIpc) is 2.34. The Kier molecular flexibility index (Phi) is 3.51. The van der Waals surface area contributed by atoms with Gasteiger partial charge in [0.1, 0.15) is 0 Å². The number of rotatable bonds is 2. The molecule has 1 saturated heterocycles. The molecule has 0 N–H and O–H groups in total. The molecular weight excluding hydrogens is 206 g/mol. The summed E-state index contributed by atoms with van der Waals surface area (Å²) in [6.07, 6.45) is 0.538. The van der Waals surface area contributed by atoms with Crippen molar-refractivity contribution in [3.05, 3.63) is 0 Å². The van der Waals surface area contributed by atoms with E-state index in [-0.39, 0.29) is 11.0 Å². The van der Waals surface area contributed by atoms with Crippen LogP contribution in [0.1, 0.15) is 20.3 Å². The van der Waals surface area contributed by atoms with Crippen LogP contribution < -0.4 is 0 Å². The maximum atomic E-state index is 11.5. The van der Waals surface area contributed by atoms with E-state index in [1.165, 1.54) is 13.8 Å². The molecule has 0 aromatic heterocycles. The van der Waals surface area contributed by atoms with Crippen molar-refractivity contribution in [2.45, 2.75) is 25.5 Å². The number of hydrogen-bond donors (Lipinski definition) is 0. The third-order valence-electron chi connectivity index (χ3n) is 1.66. The van der Waals surface area contributed by atoms with Gasteiger partial charge in [-0.05, 0) is 6.42 Å². The lowest BCUT2D eigenvalue weighted by atomic mass is 10.4. The third-order valence-corrected chi connectivity index (χ3v) is 2.72. The monoisotopic (exact) mass is 217 g/mol. The molecule has 1 rings (SSSR count). The standard InChI is InChI=1S/C8H11NO4S/c1-5(10)13-9-4-3-7(8(9)12)14-6(2)11/h7H,3-4H2,1-2H3. The van der Waals surface area contributed by atoms with Crippen LogP contribution in [0.15, 0.2) is 0 Å². The molecule has 1 aliphatic heterocycles. The van der Waals surface area contributed by atoms with Gasteiger partial charge in [0.2, 0.25) is 0 Å². The smallest absolute Gasteiger partial charge is 0.329 e. The van der Waals surface area contributed by atoms with Crippen molar-refractivity contribution >= 4 is 28.8 Å². The fraction of sp³-hybridized carbons (Fsp3) is 0.625. The first-order chi connectivity index (χ1) is 6.50. The van der Waals surface area contributed by atoms with Gasteiger partial charge in [-0.25, -0.2) is 0 Å². The Hall–Kier alpha value is -1.04. The average molecular weight is 217 g/mol. The predicted molar refractivity (Wildman–Crippen MR) is 50.2 cm³/mol. The molecule has 1 aliphatic rings. The largest absolute Gasteiger partial charge is 0.338 e. The van der Waals surface area contributed by atoms with Gasteiger partial charge >= 0.3 is 5.97 Å². The lowest BCUT2D eigenvalue weighted by Gasteiger charge is -2.13. The first-order valence-corrected chi connectivity index (χ1v) is 5.06. The Morgan fingerprint density at radius 2 is 2.14 bits per heavy atom. The van der Waals surface area contributed by atoms with E-state index in [4.69, 9.17) is 0 Å². The molecule has 1 atom stereocenters. The van der Waals surface area contributed by atoms with Crippen LogP contribution in [-0.4, -0.2) is 33.8 Å². The van der Waals surface area contributed by atoms with Crippen molar-refractivity contribution in [3.63, 3.8) is 0 Å². The summed E-state index contributed by atoms with van der Waals surface area (Å²) in [6.45, 7) is 3.01. The quantitative estimate of drug-likeness (QED) is 0.667. The highest BCUT2D eigenvalue weighted by molar-refractivity contribution is 8.14. The highest BCUT2D eigenvalue weighted by Crippen LogP contribution is 2.24. The molecule has 14 heavy (non-hydrogen) atoms. The summed E-state index contributed by atoms with van der Waals surface area (Å²) in [5.74, 6) is -0.827. The molecule has 0 radical (unpaired) electrons. The molecular formula is C8H11NO4S. The summed E-state index contributed by atoms with van der Waals surface area (Å²) in [4.78, 5) is 37.5. The molecule has 0 aromatic rings. The van der Waals surface area contributed by atoms with E-state index in [9.17, 15) is 14.4 Å². The summed E-state index contributed by atoms with van der Waals surface area (Å²) in [5.41, 5.74) is 0. The fourth-order valence-corrected chi connectivity index (χ4v) is 2.03. The van der Waals surface area contributed by atoms with Crippen LogP contribution in [-0.2, 0) is 19.2 Å². The van der Waals surface area contributed by atoms with Crippen molar-refractivity contribution in [1.82, 2.24) is 5.06 Å². The first kappa shape index (κ1) is 11.0. The van der Waals surface area contributed by atoms with Gasteiger partial charge in [-0.15, -0.1) is 0 Å². The maximum absolute atomic E-state index is 11.5. The molecule has 0 spiro atoms. The highest BCUT2D eigenvalue weighted by atomic mass is 32.2. The SMILES string of the molecule is CC(=O)ON1CCC(SC(C)=O)C1=O. The van der Waals surface area contributed by atoms with Crippen LogP contribution in [0.4, 0.5) is 0 Å². The van der Waals surface area contributed by atoms with Gasteiger partial charge in [-0.1, -0.05) is 11.8 Å². The molecule has 0 saturated carbocycles. The van der Waals surface area contributed by atoms with Gasteiger partial charge in [0.05, 0.1) is 11.8 Å². The van der Waals surface area contributed by atoms with Crippen molar-refractivity contribution in [1.29, 1.82) is 0 Å². The normalized spacial score (nSPS) is 21.1. The second-order valence-corrected chi connectivity index (χ2v) is 4.29. The molecule has 0 aromatic carbocycles. The highest BCUT2D eigenvalue weighted by Gasteiger charge is 2.35. The molecule has 1 amide bonds. The number of carbonyl (C=O) groups excluding carboxylic acids is 3. The summed E-state index contributed by atoms with van der Waals surface area (Å²) in [6, 6.07) is 0. The summed E-state index contributed by atoms with van der Waals surface area (Å²) < 4.78 is 0. The van der Waals surface area contributed by atoms with Gasteiger partial charge in [0, 0.05) is 13.8 Å². The molecule has 1 fully saturated rings. The Morgan fingerprint density at radius 1 is 1.50 bits per heavy atom. The predicted octanol–water partition coefficient (Wildman–Crippen LogP) is 0.345. The molecule has 0 bridgehead atoms. The number of amides is 1. The van der Waals surface area contributed by atoms with Crippen LogP contribution in [0.2, 0.25) is 0 Å². The minimum absolute atomic E-state index is 0.104. The zero-order valence-corrected chi connectivity index (χ0v) is 8.80. The lowest BCUT2D eigenvalue weighted by Crippen LogP contribution is -2.30. The van der Waals surface area contributed by atoms with Crippen LogP contribution in [0.25, 0.3) is 0 Å². The Bertz CT molecular complexity index is 253. The van der Waals surface area contributed by atoms with E-state index in [1.54, 1.807) is 0 Å². The van der Waals surface area contributed by atoms with Crippen molar-refractivity contribution < 1.29 is 19.2 Å². The summed E-state index contributed by atoms with van der Waals surface area (Å²) in [5, 5.41) is 0.517. The van der Waals surface area contributed by atoms with Crippen LogP contribution >= 0.6 is 11.8 Å². The van der Waals surface area contributed by atoms with Gasteiger partial charge < -0.3 is 4.84 Å². The van der Waals surface area contributed by atoms with E-state index in [1.807, 2.05) is 0 Å². The third kappa shape index (κ3) is 2.73. The van der Waals surface area contributed by atoms with E-state index >= 15 is 0 Å². The van der Waals surface area contributed by atoms with Crippen molar-refractivity contribution in [3.8, 4) is 0 Å². The van der Waals surface area contributed by atoms with Gasteiger partial charge in [0.15, 0.2) is 5.12 Å². The number of hydroxylamine groups is 2. The van der Waals surface area contributed by atoms with Crippen molar-refractivity contribution in [2.75, 3.05) is 6.54 Å². The van der Waals surface area contributed by atoms with Gasteiger partial charge in [0.25, 0.3) is 5.91 Å². The van der Waals surface area contributed by atoms with E-state index in [0.29, 0.717) is 13.0 Å². The topological polar surface area (TPSA) is 63.7 Å². The maximum Gasteiger partial charge on any atom is 0.329 e. The molecule has 6 heteroatoms. The first-order valence-electron chi connectivity index (χ1n) is 4.18. The minimum Gasteiger partial charge on any atom is -0.338 e. The Balaban J connectivity index is 2.51. The van der Waals surface area contributed by atoms with E-state index in [2.05, 4.69) is 4.84 Å². The number of hydrogen-bond acceptors (Lipinski definition) is 5. The Morgan fingerprint density at radius 3 is 2.64 bits per heavy atom. The molecule has 0 aliphatic carbocycles. The molecule has 5 nitrogen and oxygen atoms in total. The Labute approximate surface area is 85.7 Å². The number of nitrogens with zero attached hydrogens (tertiary/aromatic N) is 1. The zero-order chi connectivity index (χ0) is 10.7. The molecule has 78 valence electrons. The van der Waals surface area contributed by atoms with Crippen molar-refractivity contribution in [2.24, 2.45) is 0 Å². The minimum atomic E-state index is -0.521. The summed E-state index contributed by atoms with van der Waals surface area (Å²) >= 11 is 0.980. The summed E-state index contributed by atoms with van der Waals surface area (Å²) in [7, 11) is 0. The van der Waals surface area contributed by atoms with E-state index < -0.39 is 11.2 Å². The zero-order valence-electron chi connectivity index (χ0n) is 7.98. The molecule has 1 heterocycles. The fourth-order valence-electron chi connectivity index (χ4n) is 1.18. The second-order valence-electron chi connectivity index (χ2n) is 2.91. The van der Waals surface area contributed by atoms with Crippen LogP contribution in [0.3, 0.4) is 0 Å². The lowest BCUT2D eigenvalue weighted by molar-refractivity contribution is -0.190. The second kappa shape index (κ2) is 4.45. The van der Waals surface area contributed by atoms with E-state index in [0.717, 1.165) is 16.8 Å². The van der Waals surface area contributed by atoms with Crippen LogP contribution in [0, 0.1) is 0 Å². The molecule has 1 unspecified atom stereocenters. The van der Waals surface area contributed by atoms with Crippen LogP contribution in [0.5, 0.6) is 0 Å². The number of carbonyl (C=O) groups is 3.